The molecule has 20 heavy (non-hydrogen) atoms. The van der Waals surface area contributed by atoms with Gasteiger partial charge in [-0.15, -0.1) is 0 Å². The number of imide groups is 1. The Balaban J connectivity index is 2.40. The normalized spacial score (nSPS) is 22.1. The fraction of sp³-hybridized carbons (Fsp3) is 0.231. The van der Waals surface area contributed by atoms with Gasteiger partial charge in [0.15, 0.2) is 11.6 Å². The summed E-state index contributed by atoms with van der Waals surface area (Å²) in [4.78, 5) is 25.0. The Morgan fingerprint density at radius 3 is 2.60 bits per heavy atom. The van der Waals surface area contributed by atoms with Gasteiger partial charge in [-0.2, -0.15) is 0 Å². The minimum atomic E-state index is -1.46. The first-order valence-electron chi connectivity index (χ1n) is 5.68. The van der Waals surface area contributed by atoms with Gasteiger partial charge in [-0.05, 0) is 24.6 Å². The van der Waals surface area contributed by atoms with E-state index >= 15 is 0 Å². The Kier molecular flexibility index (Phi) is 3.52. The Morgan fingerprint density at radius 2 is 2.05 bits per heavy atom. The first kappa shape index (κ1) is 14.5. The van der Waals surface area contributed by atoms with Gasteiger partial charge in [0.05, 0.1) is 6.54 Å². The molecule has 7 heteroatoms. The molecule has 106 valence electrons. The summed E-state index contributed by atoms with van der Waals surface area (Å²) in [5, 5.41) is 2.56. The van der Waals surface area contributed by atoms with Crippen LogP contribution in [0.25, 0.3) is 0 Å². The van der Waals surface area contributed by atoms with Gasteiger partial charge in [0.1, 0.15) is 5.54 Å². The van der Waals surface area contributed by atoms with E-state index < -0.39 is 29.1 Å². The average Bonchev–Trinajstić information content (AvgIpc) is 2.57. The quantitative estimate of drug-likeness (QED) is 0.872. The molecule has 1 aliphatic heterocycles. The highest BCUT2D eigenvalue weighted by Gasteiger charge is 2.49. The lowest BCUT2D eigenvalue weighted by atomic mass is 9.92. The summed E-state index contributed by atoms with van der Waals surface area (Å²) in [6.07, 6.45) is 0. The van der Waals surface area contributed by atoms with Gasteiger partial charge in [0.25, 0.3) is 5.91 Å². The Hall–Kier alpha value is -1.95. The summed E-state index contributed by atoms with van der Waals surface area (Å²) >= 11 is 5.60. The van der Waals surface area contributed by atoms with Crippen LogP contribution in [0.3, 0.4) is 0 Å². The van der Waals surface area contributed by atoms with Crippen molar-refractivity contribution in [2.24, 2.45) is 0 Å². The highest BCUT2D eigenvalue weighted by Crippen LogP contribution is 2.30. The van der Waals surface area contributed by atoms with E-state index in [1.807, 2.05) is 0 Å². The van der Waals surface area contributed by atoms with Gasteiger partial charge in [-0.25, -0.2) is 13.6 Å². The molecule has 1 N–H and O–H groups in total. The molecule has 4 nitrogen and oxygen atoms in total. The summed E-state index contributed by atoms with van der Waals surface area (Å²) in [5.74, 6) is -2.72. The molecule has 1 aromatic rings. The van der Waals surface area contributed by atoms with E-state index in [0.717, 1.165) is 17.0 Å². The standard InChI is InChI=1S/C13H11ClF2N2O2/c1-7(14)6-18-11(19)13(2,17-12(18)20)8-3-4-9(15)10(16)5-8/h3-5H,1,6H2,2H3,(H,17,20)/t13-/m0/s1. The molecule has 1 aliphatic rings. The zero-order valence-corrected chi connectivity index (χ0v) is 11.3. The summed E-state index contributed by atoms with van der Waals surface area (Å²) in [6.45, 7) is 4.68. The van der Waals surface area contributed by atoms with Crippen LogP contribution in [0.5, 0.6) is 0 Å². The molecule has 3 amide bonds. The molecule has 0 saturated carbocycles. The van der Waals surface area contributed by atoms with Crippen LogP contribution >= 0.6 is 11.6 Å². The zero-order valence-electron chi connectivity index (χ0n) is 10.5. The topological polar surface area (TPSA) is 49.4 Å². The maximum absolute atomic E-state index is 13.3. The molecular weight excluding hydrogens is 290 g/mol. The molecule has 0 aromatic heterocycles. The van der Waals surface area contributed by atoms with Crippen molar-refractivity contribution in [3.8, 4) is 0 Å². The van der Waals surface area contributed by atoms with Crippen molar-refractivity contribution in [2.45, 2.75) is 12.5 Å². The van der Waals surface area contributed by atoms with Gasteiger partial charge in [-0.3, -0.25) is 9.69 Å². The molecule has 0 spiro atoms. The number of nitrogens with zero attached hydrogens (tertiary/aromatic N) is 1. The second-order valence-electron chi connectivity index (χ2n) is 4.59. The number of rotatable bonds is 3. The number of hydrogen-bond acceptors (Lipinski definition) is 2. The second kappa shape index (κ2) is 4.86. The van der Waals surface area contributed by atoms with Crippen LogP contribution in [0.2, 0.25) is 0 Å². The van der Waals surface area contributed by atoms with E-state index in [2.05, 4.69) is 11.9 Å². The third kappa shape index (κ3) is 2.27. The van der Waals surface area contributed by atoms with E-state index in [0.29, 0.717) is 0 Å². The number of nitrogens with one attached hydrogen (secondary N) is 1. The maximum atomic E-state index is 13.3. The second-order valence-corrected chi connectivity index (χ2v) is 5.13. The van der Waals surface area contributed by atoms with Gasteiger partial charge < -0.3 is 5.32 Å². The first-order valence-corrected chi connectivity index (χ1v) is 6.06. The fourth-order valence-electron chi connectivity index (χ4n) is 2.01. The van der Waals surface area contributed by atoms with E-state index in [1.165, 1.54) is 13.0 Å². The third-order valence-corrected chi connectivity index (χ3v) is 3.22. The molecule has 0 bridgehead atoms. The molecule has 1 atom stereocenters. The van der Waals surface area contributed by atoms with Crippen molar-refractivity contribution < 1.29 is 18.4 Å². The van der Waals surface area contributed by atoms with Crippen molar-refractivity contribution >= 4 is 23.5 Å². The molecular formula is C13H11ClF2N2O2. The Morgan fingerprint density at radius 1 is 1.40 bits per heavy atom. The van der Waals surface area contributed by atoms with Gasteiger partial charge in [0.2, 0.25) is 0 Å². The van der Waals surface area contributed by atoms with Crippen molar-refractivity contribution in [3.63, 3.8) is 0 Å². The molecule has 1 fully saturated rings. The van der Waals surface area contributed by atoms with E-state index in [9.17, 15) is 18.4 Å². The number of urea groups is 1. The van der Waals surface area contributed by atoms with E-state index in [1.54, 1.807) is 0 Å². The highest BCUT2D eigenvalue weighted by atomic mass is 35.5. The number of carbonyl (C=O) groups excluding carboxylic acids is 2. The lowest BCUT2D eigenvalue weighted by Crippen LogP contribution is -2.41. The Bertz CT molecular complexity index is 620. The number of halogens is 3. The maximum Gasteiger partial charge on any atom is 0.325 e. The summed E-state index contributed by atoms with van der Waals surface area (Å²) in [7, 11) is 0. The molecule has 0 radical (unpaired) electrons. The predicted molar refractivity (Wildman–Crippen MR) is 68.9 cm³/mol. The van der Waals surface area contributed by atoms with Crippen molar-refractivity contribution in [3.05, 3.63) is 47.0 Å². The predicted octanol–water partition coefficient (Wildman–Crippen LogP) is 2.48. The van der Waals surface area contributed by atoms with Crippen LogP contribution in [0.15, 0.2) is 29.8 Å². The first-order chi connectivity index (χ1) is 9.25. The van der Waals surface area contributed by atoms with E-state index in [4.69, 9.17) is 11.6 Å². The minimum absolute atomic E-state index is 0.114. The van der Waals surface area contributed by atoms with Gasteiger partial charge in [-0.1, -0.05) is 24.2 Å². The molecule has 1 aromatic carbocycles. The van der Waals surface area contributed by atoms with Crippen LogP contribution in [-0.4, -0.2) is 23.4 Å². The van der Waals surface area contributed by atoms with E-state index in [-0.39, 0.29) is 17.1 Å². The number of carbonyl (C=O) groups is 2. The molecule has 1 saturated heterocycles. The summed E-state index contributed by atoms with van der Waals surface area (Å²) in [5.41, 5.74) is -1.31. The largest absolute Gasteiger partial charge is 0.325 e. The fourth-order valence-corrected chi connectivity index (χ4v) is 2.13. The number of hydrogen-bond donors (Lipinski definition) is 1. The van der Waals surface area contributed by atoms with Gasteiger partial charge >= 0.3 is 6.03 Å². The van der Waals surface area contributed by atoms with Crippen molar-refractivity contribution in [1.82, 2.24) is 10.2 Å². The lowest BCUT2D eigenvalue weighted by molar-refractivity contribution is -0.130. The van der Waals surface area contributed by atoms with Crippen LogP contribution in [0.1, 0.15) is 12.5 Å². The zero-order chi connectivity index (χ0) is 15.1. The van der Waals surface area contributed by atoms with Crippen LogP contribution in [0.4, 0.5) is 13.6 Å². The Labute approximate surface area is 119 Å². The third-order valence-electron chi connectivity index (χ3n) is 3.10. The average molecular weight is 301 g/mol. The highest BCUT2D eigenvalue weighted by molar-refractivity contribution is 6.30. The van der Waals surface area contributed by atoms with Crippen LogP contribution < -0.4 is 5.32 Å². The minimum Gasteiger partial charge on any atom is -0.319 e. The lowest BCUT2D eigenvalue weighted by Gasteiger charge is -2.22. The number of amides is 3. The SMILES string of the molecule is C=C(Cl)CN1C(=O)N[C@@](C)(c2ccc(F)c(F)c2)C1=O. The van der Waals surface area contributed by atoms with Crippen molar-refractivity contribution in [2.75, 3.05) is 6.54 Å². The van der Waals surface area contributed by atoms with Gasteiger partial charge in [0, 0.05) is 5.03 Å². The monoisotopic (exact) mass is 300 g/mol. The summed E-state index contributed by atoms with van der Waals surface area (Å²) < 4.78 is 26.2. The molecule has 1 heterocycles. The molecule has 2 rings (SSSR count). The van der Waals surface area contributed by atoms with Crippen molar-refractivity contribution in [1.29, 1.82) is 0 Å². The van der Waals surface area contributed by atoms with Crippen LogP contribution in [-0.2, 0) is 10.3 Å². The molecule has 0 aliphatic carbocycles. The summed E-state index contributed by atoms with van der Waals surface area (Å²) in [6, 6.07) is 2.37. The molecule has 0 unspecified atom stereocenters. The van der Waals surface area contributed by atoms with Crippen LogP contribution in [0, 0.1) is 11.6 Å². The smallest absolute Gasteiger partial charge is 0.319 e. The number of benzene rings is 1.